The van der Waals surface area contributed by atoms with Gasteiger partial charge in [0.1, 0.15) is 0 Å². The third-order valence-electron chi connectivity index (χ3n) is 4.23. The highest BCUT2D eigenvalue weighted by atomic mass is 32.2. The van der Waals surface area contributed by atoms with Gasteiger partial charge in [-0.05, 0) is 0 Å². The standard InChI is InChI=1S/C12H5F21O3S.C2H7N/c13-3(14,1-2-4(15,16)17)5(18,19)6(20,21)7(22,23)8(24,25)9(26,27)10(28,29)11(30,31)12(32,33)37(34,35)36;1-3-2/h1-2H2,(H,34,35,36);3H,1-2H3. The van der Waals surface area contributed by atoms with Gasteiger partial charge < -0.3 is 9.87 Å². The van der Waals surface area contributed by atoms with E-state index in [1.54, 1.807) is 0 Å². The lowest BCUT2D eigenvalue weighted by atomic mass is 9.86. The van der Waals surface area contributed by atoms with Gasteiger partial charge in [0.05, 0.1) is 14.1 Å². The fourth-order valence-electron chi connectivity index (χ4n) is 2.01. The van der Waals surface area contributed by atoms with Gasteiger partial charge in [-0.1, -0.05) is 0 Å². The number of hydrogen-bond donors (Lipinski definition) is 1. The van der Waals surface area contributed by atoms with Crippen LogP contribution in [0.1, 0.15) is 12.8 Å². The zero-order valence-corrected chi connectivity index (χ0v) is 19.4. The Labute approximate surface area is 207 Å². The third-order valence-corrected chi connectivity index (χ3v) is 5.11. The summed E-state index contributed by atoms with van der Waals surface area (Å²) < 4.78 is 305. The van der Waals surface area contributed by atoms with Gasteiger partial charge in [0.15, 0.2) is 10.1 Å². The van der Waals surface area contributed by atoms with E-state index in [9.17, 15) is 105 Å². The van der Waals surface area contributed by atoms with E-state index in [2.05, 4.69) is 0 Å². The number of halogens is 21. The SMILES string of the molecule is C[NH2+]C.O=S(=O)([O-])C(F)(F)C(F)(F)C(F)(F)C(F)(F)C(F)(F)C(F)(F)C(F)(F)C(F)(F)C(F)(F)CCC(F)(F)F. The summed E-state index contributed by atoms with van der Waals surface area (Å²) in [5.41, 5.74) is 0. The monoisotopic (exact) mass is 673 g/mol. The first-order valence-corrected chi connectivity index (χ1v) is 10.4. The molecular formula is C14H12F21NO3S. The molecule has 0 aromatic heterocycles. The number of nitrogens with two attached hydrogens (primary N) is 1. The van der Waals surface area contributed by atoms with Gasteiger partial charge in [0.2, 0.25) is 0 Å². The second-order valence-corrected chi connectivity index (χ2v) is 8.81. The van der Waals surface area contributed by atoms with Crippen molar-refractivity contribution in [2.24, 2.45) is 0 Å². The molecule has 0 radical (unpaired) electrons. The van der Waals surface area contributed by atoms with E-state index >= 15 is 0 Å². The van der Waals surface area contributed by atoms with E-state index in [1.807, 2.05) is 19.4 Å². The topological polar surface area (TPSA) is 73.8 Å². The predicted octanol–water partition coefficient (Wildman–Crippen LogP) is 5.36. The molecule has 0 atom stereocenters. The van der Waals surface area contributed by atoms with E-state index in [1.165, 1.54) is 0 Å². The molecule has 0 saturated carbocycles. The molecule has 244 valence electrons. The van der Waals surface area contributed by atoms with Crippen molar-refractivity contribution in [1.29, 1.82) is 0 Å². The molecule has 0 aliphatic heterocycles. The van der Waals surface area contributed by atoms with Gasteiger partial charge in [-0.3, -0.25) is 0 Å². The number of alkyl halides is 21. The molecule has 0 aromatic rings. The molecule has 0 rings (SSSR count). The summed E-state index contributed by atoms with van der Waals surface area (Å²) in [6, 6.07) is 0. The molecule has 40 heavy (non-hydrogen) atoms. The molecule has 0 bridgehead atoms. The zero-order valence-electron chi connectivity index (χ0n) is 18.6. The van der Waals surface area contributed by atoms with E-state index in [0.717, 1.165) is 0 Å². The Hall–Kier alpha value is -1.60. The molecule has 4 nitrogen and oxygen atoms in total. The van der Waals surface area contributed by atoms with Crippen molar-refractivity contribution in [2.75, 3.05) is 14.1 Å². The van der Waals surface area contributed by atoms with E-state index in [-0.39, 0.29) is 0 Å². The van der Waals surface area contributed by atoms with Crippen LogP contribution >= 0.6 is 0 Å². The molecule has 0 fully saturated rings. The summed E-state index contributed by atoms with van der Waals surface area (Å²) in [6.07, 6.45) is -12.9. The lowest BCUT2D eigenvalue weighted by Crippen LogP contribution is -2.76. The highest BCUT2D eigenvalue weighted by Crippen LogP contribution is 2.65. The van der Waals surface area contributed by atoms with Crippen molar-refractivity contribution in [1.82, 2.24) is 0 Å². The van der Waals surface area contributed by atoms with Crippen LogP contribution in [0, 0.1) is 0 Å². The minimum absolute atomic E-state index is 2.00. The second-order valence-electron chi connectivity index (χ2n) is 7.39. The smallest absolute Gasteiger partial charge is 0.402 e. The molecule has 0 aliphatic carbocycles. The normalized spacial score (nSPS) is 16.0. The Kier molecular flexibility index (Phi) is 11.1. The summed E-state index contributed by atoms with van der Waals surface area (Å²) in [7, 11) is -4.31. The molecule has 0 amide bonds. The molecule has 0 unspecified atom stereocenters. The lowest BCUT2D eigenvalue weighted by Gasteiger charge is -2.44. The molecule has 2 N–H and O–H groups in total. The molecule has 0 aromatic carbocycles. The average molecular weight is 673 g/mol. The first-order valence-electron chi connectivity index (χ1n) is 9.03. The first-order chi connectivity index (χ1) is 16.9. The average Bonchev–Trinajstić information content (AvgIpc) is 2.70. The second kappa shape index (κ2) is 10.9. The summed E-state index contributed by atoms with van der Waals surface area (Å²) in [4.78, 5) is 0. The van der Waals surface area contributed by atoms with Crippen molar-refractivity contribution in [3.8, 4) is 0 Å². The van der Waals surface area contributed by atoms with Crippen LogP contribution in [-0.4, -0.2) is 85.9 Å². The Morgan fingerprint density at radius 2 is 0.700 bits per heavy atom. The Morgan fingerprint density at radius 1 is 0.475 bits per heavy atom. The fraction of sp³-hybridized carbons (Fsp3) is 1.00. The van der Waals surface area contributed by atoms with E-state index in [4.69, 9.17) is 0 Å². The maximum atomic E-state index is 13.5. The maximum Gasteiger partial charge on any atom is 0.402 e. The van der Waals surface area contributed by atoms with Crippen LogP contribution in [0.2, 0.25) is 0 Å². The highest BCUT2D eigenvalue weighted by molar-refractivity contribution is 7.86. The Morgan fingerprint density at radius 3 is 0.925 bits per heavy atom. The number of hydrogen-bond acceptors (Lipinski definition) is 3. The highest BCUT2D eigenvalue weighted by Gasteiger charge is 2.96. The van der Waals surface area contributed by atoms with E-state index < -0.39 is 81.8 Å². The quantitative estimate of drug-likeness (QED) is 0.237. The van der Waals surface area contributed by atoms with Crippen molar-refractivity contribution in [2.45, 2.75) is 71.7 Å². The number of rotatable bonds is 11. The van der Waals surface area contributed by atoms with Crippen LogP contribution in [0.15, 0.2) is 0 Å². The van der Waals surface area contributed by atoms with Crippen LogP contribution < -0.4 is 5.32 Å². The lowest BCUT2D eigenvalue weighted by molar-refractivity contribution is -0.597. The minimum atomic E-state index is -9.25. The van der Waals surface area contributed by atoms with Crippen LogP contribution in [-0.2, 0) is 10.1 Å². The Bertz CT molecular complexity index is 972. The molecular weight excluding hydrogens is 661 g/mol. The summed E-state index contributed by atoms with van der Waals surface area (Å²) in [5, 5.41) is -6.13. The van der Waals surface area contributed by atoms with Gasteiger partial charge in [-0.25, -0.2) is 8.42 Å². The van der Waals surface area contributed by atoms with Crippen molar-refractivity contribution >= 4 is 10.1 Å². The summed E-state index contributed by atoms with van der Waals surface area (Å²) >= 11 is 0. The van der Waals surface area contributed by atoms with Crippen LogP contribution in [0.25, 0.3) is 0 Å². The first kappa shape index (κ1) is 40.5. The van der Waals surface area contributed by atoms with Crippen molar-refractivity contribution in [3.05, 3.63) is 0 Å². The number of quaternary nitrogens is 1. The molecule has 26 heteroatoms. The minimum Gasteiger partial charge on any atom is -0.743 e. The third kappa shape index (κ3) is 6.11. The van der Waals surface area contributed by atoms with Gasteiger partial charge in [0, 0.05) is 12.8 Å². The fourth-order valence-corrected chi connectivity index (χ4v) is 2.45. The summed E-state index contributed by atoms with van der Waals surface area (Å²) in [5.74, 6) is -69.8. The van der Waals surface area contributed by atoms with Crippen LogP contribution in [0.3, 0.4) is 0 Å². The summed E-state index contributed by atoms with van der Waals surface area (Å²) in [6.45, 7) is 0. The zero-order chi connectivity index (χ0) is 33.6. The van der Waals surface area contributed by atoms with Crippen molar-refractivity contribution in [3.63, 3.8) is 0 Å². The van der Waals surface area contributed by atoms with Crippen LogP contribution in [0.5, 0.6) is 0 Å². The molecule has 0 aliphatic rings. The van der Waals surface area contributed by atoms with Crippen molar-refractivity contribution < 1.29 is 110 Å². The maximum absolute atomic E-state index is 13.5. The van der Waals surface area contributed by atoms with Gasteiger partial charge in [-0.2, -0.15) is 92.2 Å². The van der Waals surface area contributed by atoms with E-state index in [0.29, 0.717) is 0 Å². The molecule has 0 spiro atoms. The van der Waals surface area contributed by atoms with Crippen LogP contribution in [0.4, 0.5) is 92.2 Å². The van der Waals surface area contributed by atoms with Gasteiger partial charge in [0.25, 0.3) is 0 Å². The van der Waals surface area contributed by atoms with Gasteiger partial charge >= 0.3 is 58.8 Å². The molecule has 0 heterocycles. The molecule has 0 saturated heterocycles. The largest absolute Gasteiger partial charge is 0.743 e. The van der Waals surface area contributed by atoms with Gasteiger partial charge in [-0.15, -0.1) is 0 Å². The Balaban J connectivity index is 0. The predicted molar refractivity (Wildman–Crippen MR) is 83.3 cm³/mol.